The van der Waals surface area contributed by atoms with Gasteiger partial charge in [0, 0.05) is 11.4 Å². The Morgan fingerprint density at radius 3 is 2.38 bits per heavy atom. The minimum absolute atomic E-state index is 0.0542. The highest BCUT2D eigenvalue weighted by Gasteiger charge is 2.05. The summed E-state index contributed by atoms with van der Waals surface area (Å²) >= 11 is 1.64. The fraction of sp³-hybridized carbons (Fsp3) is 0.278. The zero-order chi connectivity index (χ0) is 15.2. The first-order chi connectivity index (χ1) is 10.0. The predicted octanol–water partition coefficient (Wildman–Crippen LogP) is 4.48. The number of thioether (sulfide) groups is 1. The molecule has 1 amide bonds. The van der Waals surface area contributed by atoms with Crippen molar-refractivity contribution in [1.82, 2.24) is 0 Å². The number of amides is 1. The fourth-order valence-electron chi connectivity index (χ4n) is 2.27. The van der Waals surface area contributed by atoms with Gasteiger partial charge in [-0.25, -0.2) is 0 Å². The lowest BCUT2D eigenvalue weighted by molar-refractivity contribution is -0.113. The Morgan fingerprint density at radius 1 is 1.05 bits per heavy atom. The van der Waals surface area contributed by atoms with Gasteiger partial charge in [-0.05, 0) is 55.2 Å². The molecule has 2 aromatic rings. The van der Waals surface area contributed by atoms with E-state index in [1.807, 2.05) is 38.1 Å². The lowest BCUT2D eigenvalue weighted by Crippen LogP contribution is -2.14. The van der Waals surface area contributed by atoms with Crippen LogP contribution in [0, 0.1) is 20.8 Å². The van der Waals surface area contributed by atoms with Crippen LogP contribution >= 0.6 is 11.8 Å². The minimum atomic E-state index is 0.0542. The highest BCUT2D eigenvalue weighted by atomic mass is 32.2. The van der Waals surface area contributed by atoms with Crippen molar-refractivity contribution in [2.75, 3.05) is 11.1 Å². The van der Waals surface area contributed by atoms with E-state index in [0.29, 0.717) is 5.75 Å². The topological polar surface area (TPSA) is 29.1 Å². The normalized spacial score (nSPS) is 10.4. The summed E-state index contributed by atoms with van der Waals surface area (Å²) in [5, 5.41) is 2.96. The van der Waals surface area contributed by atoms with E-state index in [2.05, 4.69) is 30.4 Å². The van der Waals surface area contributed by atoms with Crippen LogP contribution in [0.1, 0.15) is 22.3 Å². The number of carbonyl (C=O) groups excluding carboxylic acids is 1. The van der Waals surface area contributed by atoms with Gasteiger partial charge in [-0.3, -0.25) is 4.79 Å². The van der Waals surface area contributed by atoms with Crippen LogP contribution in [0.15, 0.2) is 42.5 Å². The summed E-state index contributed by atoms with van der Waals surface area (Å²) in [6, 6.07) is 14.4. The van der Waals surface area contributed by atoms with Gasteiger partial charge in [-0.1, -0.05) is 30.3 Å². The average molecular weight is 299 g/mol. The third kappa shape index (κ3) is 4.94. The highest BCUT2D eigenvalue weighted by Crippen LogP contribution is 2.17. The van der Waals surface area contributed by atoms with Crippen molar-refractivity contribution in [2.45, 2.75) is 26.5 Å². The molecule has 0 unspecified atom stereocenters. The molecule has 2 rings (SSSR count). The number of anilines is 1. The maximum atomic E-state index is 12.0. The van der Waals surface area contributed by atoms with Crippen molar-refractivity contribution in [1.29, 1.82) is 0 Å². The third-order valence-corrected chi connectivity index (χ3v) is 4.24. The Balaban J connectivity index is 1.84. The van der Waals surface area contributed by atoms with E-state index in [0.717, 1.165) is 22.6 Å². The molecule has 0 saturated heterocycles. The van der Waals surface area contributed by atoms with E-state index in [1.165, 1.54) is 11.1 Å². The largest absolute Gasteiger partial charge is 0.325 e. The SMILES string of the molecule is Cc1cc(C)cc(NC(=O)CSCc2ccccc2C)c1. The monoisotopic (exact) mass is 299 g/mol. The van der Waals surface area contributed by atoms with Crippen LogP contribution in [0.3, 0.4) is 0 Å². The van der Waals surface area contributed by atoms with Crippen LogP contribution in [0.4, 0.5) is 5.69 Å². The smallest absolute Gasteiger partial charge is 0.234 e. The van der Waals surface area contributed by atoms with E-state index in [-0.39, 0.29) is 5.91 Å². The minimum Gasteiger partial charge on any atom is -0.325 e. The predicted molar refractivity (Wildman–Crippen MR) is 91.9 cm³/mol. The molecular formula is C18H21NOS. The summed E-state index contributed by atoms with van der Waals surface area (Å²) in [5.41, 5.74) is 5.78. The Labute approximate surface area is 131 Å². The summed E-state index contributed by atoms with van der Waals surface area (Å²) in [4.78, 5) is 12.0. The van der Waals surface area contributed by atoms with Crippen LogP contribution in [0.25, 0.3) is 0 Å². The highest BCUT2D eigenvalue weighted by molar-refractivity contribution is 7.99. The van der Waals surface area contributed by atoms with E-state index >= 15 is 0 Å². The van der Waals surface area contributed by atoms with Crippen LogP contribution in [-0.4, -0.2) is 11.7 Å². The quantitative estimate of drug-likeness (QED) is 0.881. The number of hydrogen-bond donors (Lipinski definition) is 1. The summed E-state index contributed by atoms with van der Waals surface area (Å²) in [7, 11) is 0. The third-order valence-electron chi connectivity index (χ3n) is 3.26. The standard InChI is InChI=1S/C18H21NOS/c1-13-8-14(2)10-17(9-13)19-18(20)12-21-11-16-7-5-4-6-15(16)3/h4-10H,11-12H2,1-3H3,(H,19,20). The Kier molecular flexibility index (Phi) is 5.45. The van der Waals surface area contributed by atoms with Gasteiger partial charge in [-0.2, -0.15) is 0 Å². The molecule has 3 heteroatoms. The number of nitrogens with one attached hydrogen (secondary N) is 1. The number of carbonyl (C=O) groups is 1. The van der Waals surface area contributed by atoms with Gasteiger partial charge in [0.05, 0.1) is 5.75 Å². The second kappa shape index (κ2) is 7.32. The van der Waals surface area contributed by atoms with Crippen LogP contribution < -0.4 is 5.32 Å². The van der Waals surface area contributed by atoms with Crippen molar-refractivity contribution in [3.8, 4) is 0 Å². The molecule has 0 saturated carbocycles. The van der Waals surface area contributed by atoms with Crippen LogP contribution in [-0.2, 0) is 10.5 Å². The van der Waals surface area contributed by atoms with Crippen molar-refractivity contribution in [3.63, 3.8) is 0 Å². The Bertz CT molecular complexity index is 617. The Hall–Kier alpha value is -1.74. The van der Waals surface area contributed by atoms with E-state index < -0.39 is 0 Å². The van der Waals surface area contributed by atoms with Gasteiger partial charge in [0.1, 0.15) is 0 Å². The van der Waals surface area contributed by atoms with Crippen LogP contribution in [0.2, 0.25) is 0 Å². The second-order valence-corrected chi connectivity index (χ2v) is 6.33. The lowest BCUT2D eigenvalue weighted by atomic mass is 10.1. The van der Waals surface area contributed by atoms with Gasteiger partial charge in [0.2, 0.25) is 5.91 Å². The molecule has 1 N–H and O–H groups in total. The maximum Gasteiger partial charge on any atom is 0.234 e. The fourth-order valence-corrected chi connectivity index (χ4v) is 3.17. The zero-order valence-electron chi connectivity index (χ0n) is 12.8. The first-order valence-electron chi connectivity index (χ1n) is 7.05. The van der Waals surface area contributed by atoms with Gasteiger partial charge in [-0.15, -0.1) is 11.8 Å². The molecule has 2 aromatic carbocycles. The lowest BCUT2D eigenvalue weighted by Gasteiger charge is -2.08. The molecule has 110 valence electrons. The molecule has 0 spiro atoms. The zero-order valence-corrected chi connectivity index (χ0v) is 13.6. The number of benzene rings is 2. The second-order valence-electron chi connectivity index (χ2n) is 5.34. The molecule has 0 fully saturated rings. The first kappa shape index (κ1) is 15.6. The summed E-state index contributed by atoms with van der Waals surface area (Å²) in [5.74, 6) is 1.40. The molecule has 0 aliphatic carbocycles. The van der Waals surface area contributed by atoms with Gasteiger partial charge >= 0.3 is 0 Å². The molecule has 0 atom stereocenters. The van der Waals surface area contributed by atoms with Gasteiger partial charge < -0.3 is 5.32 Å². The molecule has 0 aliphatic rings. The molecular weight excluding hydrogens is 278 g/mol. The summed E-state index contributed by atoms with van der Waals surface area (Å²) in [6.45, 7) is 6.18. The van der Waals surface area contributed by atoms with Crippen molar-refractivity contribution >= 4 is 23.4 Å². The van der Waals surface area contributed by atoms with Crippen molar-refractivity contribution in [3.05, 3.63) is 64.7 Å². The molecule has 0 aromatic heterocycles. The molecule has 0 radical (unpaired) electrons. The summed E-state index contributed by atoms with van der Waals surface area (Å²) in [6.07, 6.45) is 0. The van der Waals surface area contributed by atoms with Crippen LogP contribution in [0.5, 0.6) is 0 Å². The molecule has 0 heterocycles. The van der Waals surface area contributed by atoms with Gasteiger partial charge in [0.15, 0.2) is 0 Å². The van der Waals surface area contributed by atoms with E-state index in [1.54, 1.807) is 11.8 Å². The van der Waals surface area contributed by atoms with E-state index in [9.17, 15) is 4.79 Å². The van der Waals surface area contributed by atoms with Crippen molar-refractivity contribution < 1.29 is 4.79 Å². The van der Waals surface area contributed by atoms with E-state index in [4.69, 9.17) is 0 Å². The number of hydrogen-bond acceptors (Lipinski definition) is 2. The molecule has 0 aliphatic heterocycles. The molecule has 21 heavy (non-hydrogen) atoms. The maximum absolute atomic E-state index is 12.0. The van der Waals surface area contributed by atoms with Crippen molar-refractivity contribution in [2.24, 2.45) is 0 Å². The average Bonchev–Trinajstić information content (AvgIpc) is 2.39. The first-order valence-corrected chi connectivity index (χ1v) is 8.20. The molecule has 0 bridgehead atoms. The summed E-state index contributed by atoms with van der Waals surface area (Å²) < 4.78 is 0. The van der Waals surface area contributed by atoms with Gasteiger partial charge in [0.25, 0.3) is 0 Å². The number of rotatable bonds is 5. The Morgan fingerprint density at radius 2 is 1.71 bits per heavy atom. The molecule has 2 nitrogen and oxygen atoms in total. The number of aryl methyl sites for hydroxylation is 3.